The number of hydrogen-bond acceptors (Lipinski definition) is 3. The van der Waals surface area contributed by atoms with E-state index in [9.17, 15) is 9.59 Å². The summed E-state index contributed by atoms with van der Waals surface area (Å²) in [5.74, 6) is -0.922. The van der Waals surface area contributed by atoms with Gasteiger partial charge in [0.15, 0.2) is 0 Å². The zero-order chi connectivity index (χ0) is 8.97. The van der Waals surface area contributed by atoms with Crippen molar-refractivity contribution >= 4 is 11.8 Å². The summed E-state index contributed by atoms with van der Waals surface area (Å²) in [6.45, 7) is 0.135. The van der Waals surface area contributed by atoms with E-state index >= 15 is 0 Å². The van der Waals surface area contributed by atoms with E-state index in [1.54, 1.807) is 0 Å². The number of rotatable bonds is 2. The first-order valence-corrected chi connectivity index (χ1v) is 3.58. The predicted molar refractivity (Wildman–Crippen MR) is 39.9 cm³/mol. The molecule has 1 rings (SSSR count). The maximum atomic E-state index is 11.0. The van der Waals surface area contributed by atoms with Crippen molar-refractivity contribution in [3.05, 3.63) is 10.4 Å². The Morgan fingerprint density at radius 1 is 1.67 bits per heavy atom. The van der Waals surface area contributed by atoms with Crippen LogP contribution in [0.5, 0.6) is 0 Å². The second-order valence-corrected chi connectivity index (χ2v) is 2.56. The van der Waals surface area contributed by atoms with Crippen LogP contribution in [0, 0.1) is 5.92 Å². The van der Waals surface area contributed by atoms with E-state index in [-0.39, 0.29) is 24.3 Å². The molecule has 1 saturated heterocycles. The number of imide groups is 1. The standard InChI is InChI=1S/C6H8N4O2/c7-10-8-3-4-1-2-5(11)9-6(4)12/h4H,1-3H2,(H,9,11,12). The van der Waals surface area contributed by atoms with Gasteiger partial charge in [-0.15, -0.1) is 0 Å². The molecule has 1 fully saturated rings. The number of hydrogen-bond donors (Lipinski definition) is 1. The third-order valence-corrected chi connectivity index (χ3v) is 1.72. The van der Waals surface area contributed by atoms with Crippen LogP contribution in [0.25, 0.3) is 10.4 Å². The van der Waals surface area contributed by atoms with Crippen LogP contribution in [0.1, 0.15) is 12.8 Å². The van der Waals surface area contributed by atoms with Crippen molar-refractivity contribution in [1.29, 1.82) is 0 Å². The molecule has 0 aliphatic carbocycles. The summed E-state index contributed by atoms with van der Waals surface area (Å²) < 4.78 is 0. The van der Waals surface area contributed by atoms with Gasteiger partial charge in [-0.2, -0.15) is 0 Å². The molecule has 1 N–H and O–H groups in total. The first kappa shape index (κ1) is 8.55. The van der Waals surface area contributed by atoms with Crippen LogP contribution in [-0.2, 0) is 9.59 Å². The summed E-state index contributed by atoms with van der Waals surface area (Å²) in [6.07, 6.45) is 0.807. The molecule has 0 aromatic rings. The molecule has 6 heteroatoms. The number of azide groups is 1. The minimum absolute atomic E-state index is 0.135. The molecule has 0 aromatic heterocycles. The summed E-state index contributed by atoms with van der Waals surface area (Å²) in [5, 5.41) is 5.46. The highest BCUT2D eigenvalue weighted by Gasteiger charge is 2.25. The molecule has 0 bridgehead atoms. The topological polar surface area (TPSA) is 94.9 Å². The molecule has 6 nitrogen and oxygen atoms in total. The molecule has 1 aliphatic rings. The molecule has 12 heavy (non-hydrogen) atoms. The first-order valence-electron chi connectivity index (χ1n) is 3.58. The molecule has 0 radical (unpaired) electrons. The predicted octanol–water partition coefficient (Wildman–Crippen LogP) is 0.349. The Kier molecular flexibility index (Phi) is 2.66. The Hall–Kier alpha value is -1.55. The molecular formula is C6H8N4O2. The zero-order valence-corrected chi connectivity index (χ0v) is 6.36. The van der Waals surface area contributed by atoms with Crippen molar-refractivity contribution in [1.82, 2.24) is 5.32 Å². The number of amides is 2. The fourth-order valence-corrected chi connectivity index (χ4v) is 1.05. The Bertz CT molecular complexity index is 256. The maximum absolute atomic E-state index is 11.0. The molecule has 1 heterocycles. The summed E-state index contributed by atoms with van der Waals surface area (Å²) in [5.41, 5.74) is 7.99. The zero-order valence-electron chi connectivity index (χ0n) is 6.36. The molecule has 1 atom stereocenters. The van der Waals surface area contributed by atoms with Crippen molar-refractivity contribution < 1.29 is 9.59 Å². The van der Waals surface area contributed by atoms with Gasteiger partial charge in [0.2, 0.25) is 11.8 Å². The number of carbonyl (C=O) groups excluding carboxylic acids is 2. The van der Waals surface area contributed by atoms with Crippen molar-refractivity contribution in [3.63, 3.8) is 0 Å². The van der Waals surface area contributed by atoms with Crippen LogP contribution in [0.4, 0.5) is 0 Å². The van der Waals surface area contributed by atoms with Gasteiger partial charge in [0.1, 0.15) is 0 Å². The monoisotopic (exact) mass is 168 g/mol. The summed E-state index contributed by atoms with van der Waals surface area (Å²) in [4.78, 5) is 24.2. The van der Waals surface area contributed by atoms with Crippen molar-refractivity contribution in [2.75, 3.05) is 6.54 Å². The number of piperidine rings is 1. The van der Waals surface area contributed by atoms with Gasteiger partial charge in [-0.25, -0.2) is 0 Å². The van der Waals surface area contributed by atoms with Crippen LogP contribution in [-0.4, -0.2) is 18.4 Å². The SMILES string of the molecule is [N-]=[N+]=NCC1CCC(=O)NC1=O. The number of nitrogens with one attached hydrogen (secondary N) is 1. The summed E-state index contributed by atoms with van der Waals surface area (Å²) >= 11 is 0. The van der Waals surface area contributed by atoms with Crippen LogP contribution < -0.4 is 5.32 Å². The average Bonchev–Trinajstić information content (AvgIpc) is 2.03. The van der Waals surface area contributed by atoms with E-state index < -0.39 is 0 Å². The second-order valence-electron chi connectivity index (χ2n) is 2.56. The lowest BCUT2D eigenvalue weighted by atomic mass is 9.99. The van der Waals surface area contributed by atoms with E-state index in [4.69, 9.17) is 5.53 Å². The smallest absolute Gasteiger partial charge is 0.229 e. The quantitative estimate of drug-likeness (QED) is 0.278. The van der Waals surface area contributed by atoms with Crippen LogP contribution in [0.2, 0.25) is 0 Å². The molecule has 1 unspecified atom stereocenters. The number of nitrogens with zero attached hydrogens (tertiary/aromatic N) is 3. The maximum Gasteiger partial charge on any atom is 0.229 e. The highest BCUT2D eigenvalue weighted by atomic mass is 16.2. The van der Waals surface area contributed by atoms with Crippen LogP contribution in [0.3, 0.4) is 0 Å². The normalized spacial score (nSPS) is 22.8. The largest absolute Gasteiger partial charge is 0.296 e. The minimum atomic E-state index is -0.335. The third kappa shape index (κ3) is 1.96. The van der Waals surface area contributed by atoms with Gasteiger partial charge < -0.3 is 0 Å². The van der Waals surface area contributed by atoms with Gasteiger partial charge in [-0.3, -0.25) is 14.9 Å². The molecule has 0 aromatic carbocycles. The van der Waals surface area contributed by atoms with E-state index in [2.05, 4.69) is 15.3 Å². The summed E-state index contributed by atoms with van der Waals surface area (Å²) in [7, 11) is 0. The van der Waals surface area contributed by atoms with Crippen molar-refractivity contribution in [2.24, 2.45) is 11.0 Å². The molecular weight excluding hydrogens is 160 g/mol. The van der Waals surface area contributed by atoms with E-state index in [0.29, 0.717) is 12.8 Å². The van der Waals surface area contributed by atoms with Crippen LogP contribution >= 0.6 is 0 Å². The Labute approximate surface area is 68.6 Å². The van der Waals surface area contributed by atoms with E-state index in [1.807, 2.05) is 0 Å². The Balaban J connectivity index is 2.50. The lowest BCUT2D eigenvalue weighted by molar-refractivity contribution is -0.136. The van der Waals surface area contributed by atoms with E-state index in [0.717, 1.165) is 0 Å². The van der Waals surface area contributed by atoms with Crippen molar-refractivity contribution in [2.45, 2.75) is 12.8 Å². The van der Waals surface area contributed by atoms with Gasteiger partial charge in [0.25, 0.3) is 0 Å². The Morgan fingerprint density at radius 2 is 2.42 bits per heavy atom. The highest BCUT2D eigenvalue weighted by Crippen LogP contribution is 2.12. The fraction of sp³-hybridized carbons (Fsp3) is 0.667. The van der Waals surface area contributed by atoms with Gasteiger partial charge in [-0.05, 0) is 12.0 Å². The lowest BCUT2D eigenvalue weighted by Crippen LogP contribution is -2.41. The molecule has 0 spiro atoms. The molecule has 0 saturated carbocycles. The fourth-order valence-electron chi connectivity index (χ4n) is 1.05. The van der Waals surface area contributed by atoms with Gasteiger partial charge in [0.05, 0.1) is 0 Å². The van der Waals surface area contributed by atoms with Crippen LogP contribution in [0.15, 0.2) is 5.11 Å². The van der Waals surface area contributed by atoms with Gasteiger partial charge in [0, 0.05) is 23.8 Å². The molecule has 1 aliphatic heterocycles. The van der Waals surface area contributed by atoms with Gasteiger partial charge >= 0.3 is 0 Å². The van der Waals surface area contributed by atoms with E-state index in [1.165, 1.54) is 0 Å². The lowest BCUT2D eigenvalue weighted by Gasteiger charge is -2.18. The average molecular weight is 168 g/mol. The Morgan fingerprint density at radius 3 is 3.00 bits per heavy atom. The highest BCUT2D eigenvalue weighted by molar-refractivity contribution is 5.98. The molecule has 2 amide bonds. The first-order chi connectivity index (χ1) is 5.74. The van der Waals surface area contributed by atoms with Crippen molar-refractivity contribution in [3.8, 4) is 0 Å². The minimum Gasteiger partial charge on any atom is -0.296 e. The number of carbonyl (C=O) groups is 2. The summed E-state index contributed by atoms with van der Waals surface area (Å²) in [6, 6.07) is 0. The molecule has 64 valence electrons. The second kappa shape index (κ2) is 3.73. The van der Waals surface area contributed by atoms with Gasteiger partial charge in [-0.1, -0.05) is 5.11 Å². The third-order valence-electron chi connectivity index (χ3n) is 1.72.